The smallest absolute Gasteiger partial charge is 0.222 e. The zero-order valence-corrected chi connectivity index (χ0v) is 15.4. The molecule has 1 aromatic heterocycles. The molecule has 2 aromatic rings. The second-order valence-corrected chi connectivity index (χ2v) is 6.35. The third kappa shape index (κ3) is 5.45. The Bertz CT molecular complexity index is 752. The van der Waals surface area contributed by atoms with E-state index in [-0.39, 0.29) is 11.8 Å². The third-order valence-corrected chi connectivity index (χ3v) is 3.95. The number of hydrogen-bond acceptors (Lipinski definition) is 3. The SMILES string of the molecule is CC(=O)NCCCC(=O)N(C)Cc1cccc(-n2nc(C)cc2C)c1. The van der Waals surface area contributed by atoms with Crippen LogP contribution in [-0.2, 0) is 16.1 Å². The second kappa shape index (κ2) is 8.46. The number of benzene rings is 1. The minimum absolute atomic E-state index is 0.0678. The predicted octanol–water partition coefficient (Wildman–Crippen LogP) is 2.36. The van der Waals surface area contributed by atoms with Crippen molar-refractivity contribution in [2.24, 2.45) is 0 Å². The molecule has 0 spiro atoms. The molecule has 134 valence electrons. The van der Waals surface area contributed by atoms with Gasteiger partial charge in [0.1, 0.15) is 0 Å². The Balaban J connectivity index is 1.96. The highest BCUT2D eigenvalue weighted by Crippen LogP contribution is 2.15. The lowest BCUT2D eigenvalue weighted by Crippen LogP contribution is -2.28. The van der Waals surface area contributed by atoms with E-state index in [4.69, 9.17) is 0 Å². The maximum Gasteiger partial charge on any atom is 0.222 e. The molecule has 0 saturated heterocycles. The highest BCUT2D eigenvalue weighted by atomic mass is 16.2. The van der Waals surface area contributed by atoms with E-state index in [1.54, 1.807) is 11.9 Å². The highest BCUT2D eigenvalue weighted by molar-refractivity contribution is 5.76. The van der Waals surface area contributed by atoms with Gasteiger partial charge in [-0.15, -0.1) is 0 Å². The molecule has 1 N–H and O–H groups in total. The van der Waals surface area contributed by atoms with Gasteiger partial charge in [-0.25, -0.2) is 4.68 Å². The summed E-state index contributed by atoms with van der Waals surface area (Å²) in [6.07, 6.45) is 1.07. The van der Waals surface area contributed by atoms with Gasteiger partial charge in [0.2, 0.25) is 11.8 Å². The van der Waals surface area contributed by atoms with Gasteiger partial charge in [0.15, 0.2) is 0 Å². The summed E-state index contributed by atoms with van der Waals surface area (Å²) >= 11 is 0. The molecule has 0 unspecified atom stereocenters. The van der Waals surface area contributed by atoms with E-state index >= 15 is 0 Å². The first kappa shape index (κ1) is 18.7. The summed E-state index contributed by atoms with van der Waals surface area (Å²) in [5.74, 6) is 0.00337. The average molecular weight is 342 g/mol. The van der Waals surface area contributed by atoms with Crippen LogP contribution in [0.15, 0.2) is 30.3 Å². The zero-order chi connectivity index (χ0) is 18.4. The average Bonchev–Trinajstić information content (AvgIpc) is 2.90. The van der Waals surface area contributed by atoms with Gasteiger partial charge in [-0.2, -0.15) is 5.10 Å². The molecule has 0 atom stereocenters. The summed E-state index contributed by atoms with van der Waals surface area (Å²) in [5, 5.41) is 7.20. The molecule has 0 aliphatic heterocycles. The summed E-state index contributed by atoms with van der Waals surface area (Å²) in [6, 6.07) is 10.1. The number of amides is 2. The van der Waals surface area contributed by atoms with Gasteiger partial charge < -0.3 is 10.2 Å². The van der Waals surface area contributed by atoms with Gasteiger partial charge in [0.05, 0.1) is 11.4 Å². The first-order valence-corrected chi connectivity index (χ1v) is 8.48. The third-order valence-electron chi connectivity index (χ3n) is 3.95. The Morgan fingerprint density at radius 2 is 2.00 bits per heavy atom. The van der Waals surface area contributed by atoms with Crippen molar-refractivity contribution in [2.75, 3.05) is 13.6 Å². The molecule has 0 saturated carbocycles. The first-order valence-electron chi connectivity index (χ1n) is 8.48. The summed E-state index contributed by atoms with van der Waals surface area (Å²) in [6.45, 7) is 6.55. The number of nitrogens with one attached hydrogen (secondary N) is 1. The Morgan fingerprint density at radius 1 is 1.24 bits per heavy atom. The molecule has 0 aliphatic rings. The molecular weight excluding hydrogens is 316 g/mol. The molecule has 0 aliphatic carbocycles. The van der Waals surface area contributed by atoms with Crippen molar-refractivity contribution in [3.05, 3.63) is 47.3 Å². The van der Waals surface area contributed by atoms with E-state index in [9.17, 15) is 9.59 Å². The maximum absolute atomic E-state index is 12.2. The van der Waals surface area contributed by atoms with E-state index in [2.05, 4.69) is 16.5 Å². The molecular formula is C19H26N4O2. The summed E-state index contributed by atoms with van der Waals surface area (Å²) in [4.78, 5) is 24.7. The fourth-order valence-electron chi connectivity index (χ4n) is 2.73. The van der Waals surface area contributed by atoms with Crippen LogP contribution >= 0.6 is 0 Å². The Hall–Kier alpha value is -2.63. The minimum atomic E-state index is -0.0678. The van der Waals surface area contributed by atoms with Gasteiger partial charge in [0.25, 0.3) is 0 Å². The van der Waals surface area contributed by atoms with Crippen molar-refractivity contribution in [2.45, 2.75) is 40.2 Å². The molecule has 1 aromatic carbocycles. The van der Waals surface area contributed by atoms with Gasteiger partial charge in [-0.1, -0.05) is 12.1 Å². The molecule has 25 heavy (non-hydrogen) atoms. The van der Waals surface area contributed by atoms with Gasteiger partial charge in [-0.05, 0) is 44.0 Å². The number of hydrogen-bond donors (Lipinski definition) is 1. The van der Waals surface area contributed by atoms with Crippen molar-refractivity contribution in [3.63, 3.8) is 0 Å². The first-order chi connectivity index (χ1) is 11.9. The van der Waals surface area contributed by atoms with Gasteiger partial charge in [-0.3, -0.25) is 9.59 Å². The Labute approximate surface area is 148 Å². The Morgan fingerprint density at radius 3 is 2.64 bits per heavy atom. The van der Waals surface area contributed by atoms with E-state index in [0.717, 1.165) is 22.6 Å². The summed E-state index contributed by atoms with van der Waals surface area (Å²) < 4.78 is 1.91. The monoisotopic (exact) mass is 342 g/mol. The molecule has 2 rings (SSSR count). The molecule has 0 bridgehead atoms. The van der Waals surface area contributed by atoms with Gasteiger partial charge >= 0.3 is 0 Å². The van der Waals surface area contributed by atoms with Crippen LogP contribution in [0, 0.1) is 13.8 Å². The normalized spacial score (nSPS) is 10.6. The number of carbonyl (C=O) groups excluding carboxylic acids is 2. The molecule has 2 amide bonds. The number of nitrogens with zero attached hydrogens (tertiary/aromatic N) is 3. The van der Waals surface area contributed by atoms with Crippen LogP contribution in [0.5, 0.6) is 0 Å². The van der Waals surface area contributed by atoms with E-state index in [1.165, 1.54) is 6.92 Å². The van der Waals surface area contributed by atoms with Crippen LogP contribution in [0.1, 0.15) is 36.7 Å². The van der Waals surface area contributed by atoms with Crippen LogP contribution in [0.25, 0.3) is 5.69 Å². The van der Waals surface area contributed by atoms with Crippen LogP contribution in [0.2, 0.25) is 0 Å². The van der Waals surface area contributed by atoms with Gasteiger partial charge in [0, 0.05) is 39.2 Å². The van der Waals surface area contributed by atoms with E-state index < -0.39 is 0 Å². The maximum atomic E-state index is 12.2. The van der Waals surface area contributed by atoms with E-state index in [0.29, 0.717) is 25.9 Å². The van der Waals surface area contributed by atoms with Crippen molar-refractivity contribution in [3.8, 4) is 5.69 Å². The lowest BCUT2D eigenvalue weighted by Gasteiger charge is -2.18. The highest BCUT2D eigenvalue weighted by Gasteiger charge is 2.10. The standard InChI is InChI=1S/C19H26N4O2/c1-14-11-15(2)23(21-14)18-8-5-7-17(12-18)13-22(4)19(25)9-6-10-20-16(3)24/h5,7-8,11-12H,6,9-10,13H2,1-4H3,(H,20,24). The fourth-order valence-corrected chi connectivity index (χ4v) is 2.73. The fraction of sp³-hybridized carbons (Fsp3) is 0.421. The van der Waals surface area contributed by atoms with Crippen LogP contribution in [-0.4, -0.2) is 40.1 Å². The topological polar surface area (TPSA) is 67.2 Å². The number of aryl methyl sites for hydroxylation is 2. The quantitative estimate of drug-likeness (QED) is 0.786. The largest absolute Gasteiger partial charge is 0.356 e. The molecule has 6 heteroatoms. The Kier molecular flexibility index (Phi) is 6.33. The summed E-state index contributed by atoms with van der Waals surface area (Å²) in [7, 11) is 1.80. The molecule has 0 radical (unpaired) electrons. The van der Waals surface area contributed by atoms with Crippen LogP contribution in [0.4, 0.5) is 0 Å². The van der Waals surface area contributed by atoms with Crippen molar-refractivity contribution in [1.29, 1.82) is 0 Å². The molecule has 1 heterocycles. The molecule has 0 fully saturated rings. The van der Waals surface area contributed by atoms with Crippen molar-refractivity contribution < 1.29 is 9.59 Å². The van der Waals surface area contributed by atoms with Crippen molar-refractivity contribution in [1.82, 2.24) is 20.0 Å². The number of aromatic nitrogens is 2. The number of rotatable bonds is 7. The van der Waals surface area contributed by atoms with Crippen LogP contribution < -0.4 is 5.32 Å². The lowest BCUT2D eigenvalue weighted by atomic mass is 10.1. The number of carbonyl (C=O) groups is 2. The predicted molar refractivity (Wildman–Crippen MR) is 97.4 cm³/mol. The summed E-state index contributed by atoms with van der Waals surface area (Å²) in [5.41, 5.74) is 4.11. The minimum Gasteiger partial charge on any atom is -0.356 e. The second-order valence-electron chi connectivity index (χ2n) is 6.35. The van der Waals surface area contributed by atoms with E-state index in [1.807, 2.05) is 42.8 Å². The van der Waals surface area contributed by atoms with Crippen LogP contribution in [0.3, 0.4) is 0 Å². The lowest BCUT2D eigenvalue weighted by molar-refractivity contribution is -0.130. The molecule has 6 nitrogen and oxygen atoms in total. The zero-order valence-electron chi connectivity index (χ0n) is 15.4. The van der Waals surface area contributed by atoms with Crippen molar-refractivity contribution >= 4 is 11.8 Å².